The number of nitrogens with one attached hydrogen (secondary N) is 1. The molecular weight excluding hydrogens is 417 g/mol. The van der Waals surface area contributed by atoms with Crippen LogP contribution >= 0.6 is 0 Å². The van der Waals surface area contributed by atoms with E-state index in [4.69, 9.17) is 4.98 Å². The minimum absolute atomic E-state index is 0.123. The predicted octanol–water partition coefficient (Wildman–Crippen LogP) is 4.17. The van der Waals surface area contributed by atoms with Crippen molar-refractivity contribution in [3.05, 3.63) is 84.1 Å². The van der Waals surface area contributed by atoms with Gasteiger partial charge < -0.3 is 9.88 Å². The molecule has 2 aromatic carbocycles. The van der Waals surface area contributed by atoms with Crippen molar-refractivity contribution in [2.75, 3.05) is 13.1 Å². The van der Waals surface area contributed by atoms with Gasteiger partial charge in [0.25, 0.3) is 5.91 Å². The number of amides is 1. The van der Waals surface area contributed by atoms with Crippen LogP contribution in [0.25, 0.3) is 22.3 Å². The highest BCUT2D eigenvalue weighted by molar-refractivity contribution is 5.94. The number of fused-ring (bicyclic) bond motifs is 1. The van der Waals surface area contributed by atoms with Crippen LogP contribution in [0, 0.1) is 5.82 Å². The summed E-state index contributed by atoms with van der Waals surface area (Å²) in [6, 6.07) is 18.1. The lowest BCUT2D eigenvalue weighted by Crippen LogP contribution is -2.44. The number of piperidine rings is 1. The maximum absolute atomic E-state index is 13.4. The number of aromatic nitrogens is 3. The molecule has 0 saturated carbocycles. The van der Waals surface area contributed by atoms with Crippen molar-refractivity contribution in [1.29, 1.82) is 0 Å². The number of hydrogen-bond acceptors (Lipinski definition) is 4. The Kier molecular flexibility index (Phi) is 5.88. The molecule has 1 saturated heterocycles. The number of pyridine rings is 1. The molecule has 6 nitrogen and oxygen atoms in total. The molecule has 7 heteroatoms. The molecule has 1 fully saturated rings. The summed E-state index contributed by atoms with van der Waals surface area (Å²) in [7, 11) is 2.06. The zero-order chi connectivity index (χ0) is 22.8. The first-order valence-corrected chi connectivity index (χ1v) is 11.2. The monoisotopic (exact) mass is 443 g/mol. The van der Waals surface area contributed by atoms with Crippen molar-refractivity contribution in [3.63, 3.8) is 0 Å². The molecule has 4 aromatic rings. The Balaban J connectivity index is 1.15. The van der Waals surface area contributed by atoms with Crippen LogP contribution in [0.2, 0.25) is 0 Å². The summed E-state index contributed by atoms with van der Waals surface area (Å²) in [5, 5.41) is 3.13. The van der Waals surface area contributed by atoms with Crippen LogP contribution in [-0.2, 0) is 13.6 Å². The second-order valence-corrected chi connectivity index (χ2v) is 8.54. The van der Waals surface area contributed by atoms with Crippen molar-refractivity contribution in [2.24, 2.45) is 7.05 Å². The number of imidazole rings is 1. The summed E-state index contributed by atoms with van der Waals surface area (Å²) in [4.78, 5) is 24.2. The van der Waals surface area contributed by atoms with Crippen molar-refractivity contribution >= 4 is 16.9 Å². The van der Waals surface area contributed by atoms with Gasteiger partial charge in [-0.2, -0.15) is 0 Å². The first-order chi connectivity index (χ1) is 16.1. The molecule has 168 valence electrons. The number of nitrogens with zero attached hydrogens (tertiary/aromatic N) is 4. The van der Waals surface area contributed by atoms with E-state index < -0.39 is 0 Å². The van der Waals surface area contributed by atoms with Crippen LogP contribution in [0.3, 0.4) is 0 Å². The molecule has 2 aromatic heterocycles. The first kappa shape index (κ1) is 21.3. The molecule has 1 aliphatic heterocycles. The maximum atomic E-state index is 13.4. The molecule has 1 N–H and O–H groups in total. The zero-order valence-corrected chi connectivity index (χ0v) is 18.5. The molecule has 0 unspecified atom stereocenters. The Morgan fingerprint density at radius 2 is 1.91 bits per heavy atom. The van der Waals surface area contributed by atoms with Gasteiger partial charge in [-0.1, -0.05) is 24.3 Å². The van der Waals surface area contributed by atoms with Gasteiger partial charge in [-0.05, 0) is 49.2 Å². The van der Waals surface area contributed by atoms with E-state index in [9.17, 15) is 9.18 Å². The van der Waals surface area contributed by atoms with E-state index >= 15 is 0 Å². The Morgan fingerprint density at radius 3 is 2.64 bits per heavy atom. The molecule has 1 aliphatic rings. The van der Waals surface area contributed by atoms with Gasteiger partial charge in [0.05, 0.1) is 28.8 Å². The van der Waals surface area contributed by atoms with Gasteiger partial charge >= 0.3 is 0 Å². The predicted molar refractivity (Wildman–Crippen MR) is 126 cm³/mol. The number of carbonyl (C=O) groups excluding carboxylic acids is 1. The second-order valence-electron chi connectivity index (χ2n) is 8.54. The van der Waals surface area contributed by atoms with E-state index in [1.54, 1.807) is 30.5 Å². The molecule has 0 bridgehead atoms. The van der Waals surface area contributed by atoms with Crippen molar-refractivity contribution in [1.82, 2.24) is 24.8 Å². The van der Waals surface area contributed by atoms with Gasteiger partial charge in [-0.25, -0.2) is 9.37 Å². The highest BCUT2D eigenvalue weighted by atomic mass is 19.1. The molecule has 0 spiro atoms. The SMILES string of the molecule is Cn1c(CN2CCC(NC(=O)c3ccc(-c4cccc(F)c4)nc3)CC2)nc2ccccc21. The number of carbonyl (C=O) groups is 1. The van der Waals surface area contributed by atoms with Crippen LogP contribution in [0.15, 0.2) is 66.9 Å². The highest BCUT2D eigenvalue weighted by Crippen LogP contribution is 2.20. The summed E-state index contributed by atoms with van der Waals surface area (Å²) in [6.45, 7) is 2.62. The summed E-state index contributed by atoms with van der Waals surface area (Å²) in [6.07, 6.45) is 3.34. The van der Waals surface area contributed by atoms with Crippen molar-refractivity contribution in [3.8, 4) is 11.3 Å². The van der Waals surface area contributed by atoms with E-state index in [1.807, 2.05) is 18.2 Å². The van der Waals surface area contributed by atoms with Crippen LogP contribution in [0.5, 0.6) is 0 Å². The fourth-order valence-corrected chi connectivity index (χ4v) is 4.39. The van der Waals surface area contributed by atoms with Crippen molar-refractivity contribution in [2.45, 2.75) is 25.4 Å². The van der Waals surface area contributed by atoms with Gasteiger partial charge in [-0.15, -0.1) is 0 Å². The lowest BCUT2D eigenvalue weighted by Gasteiger charge is -2.32. The third-order valence-electron chi connectivity index (χ3n) is 6.31. The maximum Gasteiger partial charge on any atom is 0.253 e. The molecule has 33 heavy (non-hydrogen) atoms. The third kappa shape index (κ3) is 4.64. The number of aryl methyl sites for hydroxylation is 1. The topological polar surface area (TPSA) is 63.0 Å². The van der Waals surface area contributed by atoms with E-state index in [0.29, 0.717) is 16.8 Å². The van der Waals surface area contributed by atoms with E-state index in [1.165, 1.54) is 12.1 Å². The van der Waals surface area contributed by atoms with E-state index in [2.05, 4.69) is 32.9 Å². The van der Waals surface area contributed by atoms with Gasteiger partial charge in [0, 0.05) is 37.9 Å². The molecular formula is C26H26FN5O. The molecule has 1 amide bonds. The molecule has 0 atom stereocenters. The summed E-state index contributed by atoms with van der Waals surface area (Å²) in [5.41, 5.74) is 4.01. The number of benzene rings is 2. The minimum Gasteiger partial charge on any atom is -0.349 e. The fraction of sp³-hybridized carbons (Fsp3) is 0.269. The van der Waals surface area contributed by atoms with Crippen LogP contribution in [0.1, 0.15) is 29.0 Å². The standard InChI is InChI=1S/C26H26FN5O/c1-31-24-8-3-2-7-23(24)30-25(31)17-32-13-11-21(12-14-32)29-26(33)19-9-10-22(28-16-19)18-5-4-6-20(27)15-18/h2-10,15-16,21H,11-14,17H2,1H3,(H,29,33). The largest absolute Gasteiger partial charge is 0.349 e. The summed E-state index contributed by atoms with van der Waals surface area (Å²) in [5.74, 6) is 0.629. The van der Waals surface area contributed by atoms with Gasteiger partial charge in [0.1, 0.15) is 11.6 Å². The molecule has 3 heterocycles. The van der Waals surface area contributed by atoms with Gasteiger partial charge in [0.2, 0.25) is 0 Å². The Morgan fingerprint density at radius 1 is 1.09 bits per heavy atom. The van der Waals surface area contributed by atoms with E-state index in [-0.39, 0.29) is 17.8 Å². The third-order valence-corrected chi connectivity index (χ3v) is 6.31. The number of hydrogen-bond donors (Lipinski definition) is 1. The number of likely N-dealkylation sites (tertiary alicyclic amines) is 1. The molecule has 0 aliphatic carbocycles. The number of rotatable bonds is 5. The van der Waals surface area contributed by atoms with Crippen LogP contribution < -0.4 is 5.32 Å². The second kappa shape index (κ2) is 9.11. The molecule has 5 rings (SSSR count). The lowest BCUT2D eigenvalue weighted by atomic mass is 10.0. The fourth-order valence-electron chi connectivity index (χ4n) is 4.39. The minimum atomic E-state index is -0.307. The van der Waals surface area contributed by atoms with Gasteiger partial charge in [0.15, 0.2) is 0 Å². The summed E-state index contributed by atoms with van der Waals surface area (Å²) < 4.78 is 15.6. The van der Waals surface area contributed by atoms with Crippen molar-refractivity contribution < 1.29 is 9.18 Å². The summed E-state index contributed by atoms with van der Waals surface area (Å²) >= 11 is 0. The Hall–Kier alpha value is -3.58. The Bertz CT molecular complexity index is 1280. The van der Waals surface area contributed by atoms with Crippen LogP contribution in [-0.4, -0.2) is 44.5 Å². The Labute approximate surface area is 192 Å². The normalized spacial score (nSPS) is 15.1. The van der Waals surface area contributed by atoms with Crippen LogP contribution in [0.4, 0.5) is 4.39 Å². The smallest absolute Gasteiger partial charge is 0.253 e. The average Bonchev–Trinajstić information content (AvgIpc) is 3.15. The lowest BCUT2D eigenvalue weighted by molar-refractivity contribution is 0.0907. The van der Waals surface area contributed by atoms with E-state index in [0.717, 1.165) is 49.3 Å². The average molecular weight is 444 g/mol. The number of para-hydroxylation sites is 2. The first-order valence-electron chi connectivity index (χ1n) is 11.2. The number of halogens is 1. The van der Waals surface area contributed by atoms with Gasteiger partial charge in [-0.3, -0.25) is 14.7 Å². The molecule has 0 radical (unpaired) electrons. The zero-order valence-electron chi connectivity index (χ0n) is 18.5. The highest BCUT2D eigenvalue weighted by Gasteiger charge is 2.22. The quantitative estimate of drug-likeness (QED) is 0.503.